The highest BCUT2D eigenvalue weighted by molar-refractivity contribution is 5.91. The molecule has 0 bridgehead atoms. The van der Waals surface area contributed by atoms with Crippen LogP contribution in [0.1, 0.15) is 57.3 Å². The number of ketones is 1. The van der Waals surface area contributed by atoms with Gasteiger partial charge in [-0.3, -0.25) is 4.79 Å². The van der Waals surface area contributed by atoms with Crippen LogP contribution in [0.3, 0.4) is 0 Å². The Kier molecular flexibility index (Phi) is 5.41. The molecular formula is C23H30O5. The summed E-state index contributed by atoms with van der Waals surface area (Å²) < 4.78 is 11.1. The first-order chi connectivity index (χ1) is 13.1. The van der Waals surface area contributed by atoms with Crippen LogP contribution in [-0.4, -0.2) is 35.7 Å². The summed E-state index contributed by atoms with van der Waals surface area (Å²) in [6.07, 6.45) is 2.68. The SMILES string of the molecule is COc1ccc(C(=O)O[C@H]2CC(C)=CC[C@@]3(C)C(=O)C[C@@](O)(C(C)C)[C@H]23)cc1. The van der Waals surface area contributed by atoms with Gasteiger partial charge in [0, 0.05) is 24.2 Å². The molecule has 0 radical (unpaired) electrons. The van der Waals surface area contributed by atoms with Crippen molar-refractivity contribution >= 4 is 11.8 Å². The normalized spacial score (nSPS) is 32.5. The van der Waals surface area contributed by atoms with Crippen molar-refractivity contribution in [1.29, 1.82) is 0 Å². The highest BCUT2D eigenvalue weighted by Crippen LogP contribution is 2.56. The number of carbonyl (C=O) groups excluding carboxylic acids is 2. The van der Waals surface area contributed by atoms with Crippen molar-refractivity contribution in [2.75, 3.05) is 7.11 Å². The zero-order chi connectivity index (χ0) is 20.7. The Morgan fingerprint density at radius 3 is 2.46 bits per heavy atom. The minimum atomic E-state index is -1.19. The summed E-state index contributed by atoms with van der Waals surface area (Å²) in [7, 11) is 1.57. The van der Waals surface area contributed by atoms with Crippen molar-refractivity contribution in [2.45, 2.75) is 58.7 Å². The lowest BCUT2D eigenvalue weighted by molar-refractivity contribution is -0.129. The van der Waals surface area contributed by atoms with Gasteiger partial charge in [0.15, 0.2) is 0 Å². The fraction of sp³-hybridized carbons (Fsp3) is 0.565. The van der Waals surface area contributed by atoms with Crippen LogP contribution in [0.25, 0.3) is 0 Å². The van der Waals surface area contributed by atoms with Crippen molar-refractivity contribution in [3.05, 3.63) is 41.5 Å². The average molecular weight is 386 g/mol. The van der Waals surface area contributed by atoms with Gasteiger partial charge in [-0.1, -0.05) is 32.4 Å². The maximum Gasteiger partial charge on any atom is 0.338 e. The first-order valence-corrected chi connectivity index (χ1v) is 9.88. The molecule has 3 rings (SSSR count). The van der Waals surface area contributed by atoms with Crippen molar-refractivity contribution in [2.24, 2.45) is 17.3 Å². The Morgan fingerprint density at radius 2 is 1.89 bits per heavy atom. The molecule has 0 aliphatic heterocycles. The van der Waals surface area contributed by atoms with Crippen LogP contribution in [0.5, 0.6) is 5.75 Å². The molecule has 0 heterocycles. The number of hydrogen-bond donors (Lipinski definition) is 1. The smallest absolute Gasteiger partial charge is 0.338 e. The molecule has 1 N–H and O–H groups in total. The van der Waals surface area contributed by atoms with Crippen LogP contribution >= 0.6 is 0 Å². The standard InChI is InChI=1S/C23H30O5/c1-14(2)23(26)13-19(24)22(4)11-10-15(3)12-18(20(22)23)28-21(25)16-6-8-17(27-5)9-7-16/h6-10,14,18,20,26H,11-13H2,1-5H3/t18-,20+,22-,23+/m0/s1. The molecule has 0 amide bonds. The van der Waals surface area contributed by atoms with Gasteiger partial charge in [-0.05, 0) is 43.5 Å². The summed E-state index contributed by atoms with van der Waals surface area (Å²) in [6.45, 7) is 7.74. The number of carbonyl (C=O) groups is 2. The number of esters is 1. The van der Waals surface area contributed by atoms with Gasteiger partial charge in [0.05, 0.1) is 18.3 Å². The number of fused-ring (bicyclic) bond motifs is 1. The lowest BCUT2D eigenvalue weighted by atomic mass is 9.67. The van der Waals surface area contributed by atoms with Gasteiger partial charge >= 0.3 is 5.97 Å². The number of aliphatic hydroxyl groups is 1. The fourth-order valence-electron chi connectivity index (χ4n) is 4.78. The van der Waals surface area contributed by atoms with Crippen LogP contribution in [0.15, 0.2) is 35.9 Å². The number of ether oxygens (including phenoxy) is 2. The Balaban J connectivity index is 1.95. The number of Topliss-reactive ketones (excluding diaryl/α,β-unsaturated/α-hetero) is 1. The minimum absolute atomic E-state index is 0.0464. The van der Waals surface area contributed by atoms with Crippen LogP contribution < -0.4 is 4.74 Å². The number of benzene rings is 1. The molecule has 1 aromatic carbocycles. The molecule has 1 fully saturated rings. The van der Waals surface area contributed by atoms with E-state index >= 15 is 0 Å². The second-order valence-corrected chi connectivity index (χ2v) is 8.77. The molecule has 1 aromatic rings. The van der Waals surface area contributed by atoms with E-state index in [0.29, 0.717) is 24.2 Å². The van der Waals surface area contributed by atoms with Crippen LogP contribution in [0.2, 0.25) is 0 Å². The third kappa shape index (κ3) is 3.37. The largest absolute Gasteiger partial charge is 0.497 e. The molecule has 5 nitrogen and oxygen atoms in total. The third-order valence-corrected chi connectivity index (χ3v) is 6.66. The third-order valence-electron chi connectivity index (χ3n) is 6.66. The van der Waals surface area contributed by atoms with E-state index < -0.39 is 29.0 Å². The summed E-state index contributed by atoms with van der Waals surface area (Å²) in [5, 5.41) is 11.5. The second-order valence-electron chi connectivity index (χ2n) is 8.77. The summed E-state index contributed by atoms with van der Waals surface area (Å²) in [4.78, 5) is 25.8. The second kappa shape index (κ2) is 7.36. The maximum absolute atomic E-state index is 12.9. The molecule has 5 heteroatoms. The van der Waals surface area contributed by atoms with E-state index in [1.165, 1.54) is 0 Å². The van der Waals surface area contributed by atoms with Crippen LogP contribution in [0.4, 0.5) is 0 Å². The predicted molar refractivity (Wildman–Crippen MR) is 106 cm³/mol. The van der Waals surface area contributed by atoms with Gasteiger partial charge in [0.2, 0.25) is 0 Å². The van der Waals surface area contributed by atoms with E-state index in [4.69, 9.17) is 9.47 Å². The molecular weight excluding hydrogens is 356 g/mol. The first-order valence-electron chi connectivity index (χ1n) is 9.88. The molecule has 0 spiro atoms. The van der Waals surface area contributed by atoms with E-state index in [-0.39, 0.29) is 18.1 Å². The Morgan fingerprint density at radius 1 is 1.25 bits per heavy atom. The number of allylic oxidation sites excluding steroid dienone is 1. The summed E-state index contributed by atoms with van der Waals surface area (Å²) in [5.74, 6) is -0.305. The number of methoxy groups -OCH3 is 1. The van der Waals surface area contributed by atoms with E-state index in [1.54, 1.807) is 31.4 Å². The van der Waals surface area contributed by atoms with Gasteiger partial charge in [-0.15, -0.1) is 0 Å². The molecule has 2 aliphatic carbocycles. The van der Waals surface area contributed by atoms with Gasteiger partial charge in [-0.2, -0.15) is 0 Å². The Hall–Kier alpha value is -2.14. The minimum Gasteiger partial charge on any atom is -0.497 e. The van der Waals surface area contributed by atoms with Gasteiger partial charge in [-0.25, -0.2) is 4.79 Å². The van der Waals surface area contributed by atoms with E-state index in [2.05, 4.69) is 6.08 Å². The van der Waals surface area contributed by atoms with E-state index in [0.717, 1.165) is 5.57 Å². The lowest BCUT2D eigenvalue weighted by Crippen LogP contribution is -2.50. The zero-order valence-corrected chi connectivity index (χ0v) is 17.3. The van der Waals surface area contributed by atoms with E-state index in [9.17, 15) is 14.7 Å². The van der Waals surface area contributed by atoms with Crippen molar-refractivity contribution in [3.8, 4) is 5.75 Å². The summed E-state index contributed by atoms with van der Waals surface area (Å²) >= 11 is 0. The first kappa shape index (κ1) is 20.6. The van der Waals surface area contributed by atoms with Crippen molar-refractivity contribution < 1.29 is 24.2 Å². The Labute approximate surface area is 166 Å². The maximum atomic E-state index is 12.9. The zero-order valence-electron chi connectivity index (χ0n) is 17.3. The molecule has 2 aliphatic rings. The predicted octanol–water partition coefficient (Wildman–Crippen LogP) is 3.94. The topological polar surface area (TPSA) is 72.8 Å². The van der Waals surface area contributed by atoms with E-state index in [1.807, 2.05) is 27.7 Å². The lowest BCUT2D eigenvalue weighted by Gasteiger charge is -2.42. The van der Waals surface area contributed by atoms with Crippen LogP contribution in [-0.2, 0) is 9.53 Å². The van der Waals surface area contributed by atoms with Gasteiger partial charge in [0.1, 0.15) is 17.6 Å². The van der Waals surface area contributed by atoms with Gasteiger partial charge in [0.25, 0.3) is 0 Å². The molecule has 28 heavy (non-hydrogen) atoms. The Bertz CT molecular complexity index is 794. The molecule has 1 saturated carbocycles. The summed E-state index contributed by atoms with van der Waals surface area (Å²) in [5.41, 5.74) is -0.426. The number of rotatable bonds is 4. The molecule has 0 aromatic heterocycles. The number of hydrogen-bond acceptors (Lipinski definition) is 5. The molecule has 4 atom stereocenters. The summed E-state index contributed by atoms with van der Waals surface area (Å²) in [6, 6.07) is 6.74. The highest BCUT2D eigenvalue weighted by atomic mass is 16.5. The van der Waals surface area contributed by atoms with Crippen molar-refractivity contribution in [1.82, 2.24) is 0 Å². The van der Waals surface area contributed by atoms with Crippen LogP contribution in [0, 0.1) is 17.3 Å². The quantitative estimate of drug-likeness (QED) is 0.627. The molecule has 152 valence electrons. The van der Waals surface area contributed by atoms with Crippen molar-refractivity contribution in [3.63, 3.8) is 0 Å². The fourth-order valence-corrected chi connectivity index (χ4v) is 4.78. The highest BCUT2D eigenvalue weighted by Gasteiger charge is 2.63. The monoisotopic (exact) mass is 386 g/mol. The average Bonchev–Trinajstić information content (AvgIpc) is 2.76. The molecule has 0 unspecified atom stereocenters. The molecule has 0 saturated heterocycles. The van der Waals surface area contributed by atoms with Gasteiger partial charge < -0.3 is 14.6 Å².